The molecule has 0 unspecified atom stereocenters. The lowest BCUT2D eigenvalue weighted by molar-refractivity contribution is 0.000969. The largest absolute Gasteiger partial charge is 0.396 e. The number of aliphatic hydroxyl groups excluding tert-OH is 2. The Bertz CT molecular complexity index is 624. The molecule has 0 radical (unpaired) electrons. The van der Waals surface area contributed by atoms with E-state index in [-0.39, 0.29) is 18.4 Å². The number of hydrogen-bond acceptors (Lipinski definition) is 4. The van der Waals surface area contributed by atoms with Gasteiger partial charge in [0.2, 0.25) is 0 Å². The molecule has 3 rings (SSSR count). The lowest BCUT2D eigenvalue weighted by atomic mass is 9.94. The van der Waals surface area contributed by atoms with Crippen LogP contribution in [0.1, 0.15) is 16.8 Å². The number of β-amino-alcohol motifs (C(OH)–C–C–N with tert-alkyl or cyclic N) is 1. The van der Waals surface area contributed by atoms with Crippen LogP contribution in [0.3, 0.4) is 0 Å². The number of amides is 1. The molecule has 2 atom stereocenters. The van der Waals surface area contributed by atoms with Gasteiger partial charge in [-0.3, -0.25) is 4.79 Å². The van der Waals surface area contributed by atoms with E-state index in [0.717, 1.165) is 10.1 Å². The highest BCUT2D eigenvalue weighted by atomic mass is 32.1. The first-order chi connectivity index (χ1) is 9.70. The first-order valence-electron chi connectivity index (χ1n) is 6.75. The fourth-order valence-electron chi connectivity index (χ4n) is 2.69. The zero-order chi connectivity index (χ0) is 14.1. The third kappa shape index (κ3) is 2.32. The van der Waals surface area contributed by atoms with Crippen molar-refractivity contribution in [2.75, 3.05) is 19.7 Å². The molecule has 0 bridgehead atoms. The molecular formula is C15H17NO3S. The van der Waals surface area contributed by atoms with Crippen LogP contribution in [0.2, 0.25) is 0 Å². The van der Waals surface area contributed by atoms with Gasteiger partial charge in [0.05, 0.1) is 11.7 Å². The highest BCUT2D eigenvalue weighted by Crippen LogP contribution is 2.28. The van der Waals surface area contributed by atoms with Crippen LogP contribution < -0.4 is 0 Å². The van der Waals surface area contributed by atoms with E-state index in [0.29, 0.717) is 25.1 Å². The van der Waals surface area contributed by atoms with Gasteiger partial charge in [0.1, 0.15) is 0 Å². The smallest absolute Gasteiger partial charge is 0.255 e. The van der Waals surface area contributed by atoms with Crippen molar-refractivity contribution in [3.8, 4) is 0 Å². The zero-order valence-electron chi connectivity index (χ0n) is 11.0. The summed E-state index contributed by atoms with van der Waals surface area (Å²) in [6.07, 6.45) is 0.00784. The molecule has 1 amide bonds. The standard InChI is InChI=1S/C15H17NO3S/c17-8-10-5-6-16(7-13(10)18)15(19)12-9-20-14-4-2-1-3-11(12)14/h1-4,9-10,13,17-18H,5-8H2/t10-,13-/m1/s1. The number of carbonyl (C=O) groups excluding carboxylic acids is 1. The minimum absolute atomic E-state index is 0.0232. The van der Waals surface area contributed by atoms with Crippen LogP contribution in [-0.2, 0) is 0 Å². The monoisotopic (exact) mass is 291 g/mol. The van der Waals surface area contributed by atoms with Crippen LogP contribution in [0, 0.1) is 5.92 Å². The molecule has 1 aliphatic heterocycles. The van der Waals surface area contributed by atoms with E-state index < -0.39 is 6.10 Å². The molecule has 0 aliphatic carbocycles. The van der Waals surface area contributed by atoms with E-state index in [1.54, 1.807) is 16.2 Å². The Morgan fingerprint density at radius 2 is 2.20 bits per heavy atom. The Morgan fingerprint density at radius 1 is 1.40 bits per heavy atom. The van der Waals surface area contributed by atoms with Gasteiger partial charge in [-0.25, -0.2) is 0 Å². The summed E-state index contributed by atoms with van der Waals surface area (Å²) in [4.78, 5) is 14.3. The summed E-state index contributed by atoms with van der Waals surface area (Å²) < 4.78 is 1.10. The number of aliphatic hydroxyl groups is 2. The first-order valence-corrected chi connectivity index (χ1v) is 7.63. The number of rotatable bonds is 2. The summed E-state index contributed by atoms with van der Waals surface area (Å²) in [6.45, 7) is 0.865. The molecule has 1 fully saturated rings. The molecule has 1 aromatic carbocycles. The number of likely N-dealkylation sites (tertiary alicyclic amines) is 1. The number of piperidine rings is 1. The molecule has 1 saturated heterocycles. The molecule has 1 aromatic heterocycles. The summed E-state index contributed by atoms with van der Waals surface area (Å²) in [5.41, 5.74) is 0.709. The van der Waals surface area contributed by atoms with Crippen molar-refractivity contribution in [1.82, 2.24) is 4.90 Å². The van der Waals surface area contributed by atoms with Gasteiger partial charge in [-0.1, -0.05) is 18.2 Å². The van der Waals surface area contributed by atoms with E-state index in [1.807, 2.05) is 29.6 Å². The Labute approximate surface area is 121 Å². The molecule has 20 heavy (non-hydrogen) atoms. The van der Waals surface area contributed by atoms with Crippen LogP contribution in [0.25, 0.3) is 10.1 Å². The molecule has 2 heterocycles. The SMILES string of the molecule is O=C(c1csc2ccccc12)N1CC[C@H](CO)[C@H](O)C1. The minimum Gasteiger partial charge on any atom is -0.396 e. The van der Waals surface area contributed by atoms with Crippen molar-refractivity contribution in [3.63, 3.8) is 0 Å². The van der Waals surface area contributed by atoms with E-state index in [2.05, 4.69) is 0 Å². The number of carbonyl (C=O) groups is 1. The Balaban J connectivity index is 1.83. The number of thiophene rings is 1. The second-order valence-corrected chi connectivity index (χ2v) is 6.11. The van der Waals surface area contributed by atoms with Crippen molar-refractivity contribution in [1.29, 1.82) is 0 Å². The van der Waals surface area contributed by atoms with Gasteiger partial charge < -0.3 is 15.1 Å². The molecule has 106 valence electrons. The predicted octanol–water partition coefficient (Wildman–Crippen LogP) is 1.72. The summed E-state index contributed by atoms with van der Waals surface area (Å²) in [6, 6.07) is 7.85. The summed E-state index contributed by atoms with van der Waals surface area (Å²) in [7, 11) is 0. The summed E-state index contributed by atoms with van der Waals surface area (Å²) in [5.74, 6) is -0.142. The van der Waals surface area contributed by atoms with Gasteiger partial charge in [-0.2, -0.15) is 0 Å². The fourth-order valence-corrected chi connectivity index (χ4v) is 3.63. The van der Waals surface area contributed by atoms with Gasteiger partial charge in [0, 0.05) is 41.1 Å². The molecule has 1 aliphatic rings. The second-order valence-electron chi connectivity index (χ2n) is 5.20. The first kappa shape index (κ1) is 13.5. The quantitative estimate of drug-likeness (QED) is 0.885. The average Bonchev–Trinajstić information content (AvgIpc) is 2.90. The number of hydrogen-bond donors (Lipinski definition) is 2. The highest BCUT2D eigenvalue weighted by molar-refractivity contribution is 7.17. The average molecular weight is 291 g/mol. The van der Waals surface area contributed by atoms with Gasteiger partial charge in [-0.05, 0) is 12.5 Å². The molecule has 2 N–H and O–H groups in total. The maximum absolute atomic E-state index is 12.6. The Kier molecular flexibility index (Phi) is 3.74. The topological polar surface area (TPSA) is 60.8 Å². The number of fused-ring (bicyclic) bond motifs is 1. The van der Waals surface area contributed by atoms with Crippen LogP contribution in [0.15, 0.2) is 29.6 Å². The van der Waals surface area contributed by atoms with Crippen molar-refractivity contribution in [3.05, 3.63) is 35.2 Å². The van der Waals surface area contributed by atoms with E-state index >= 15 is 0 Å². The van der Waals surface area contributed by atoms with Crippen molar-refractivity contribution >= 4 is 27.3 Å². The van der Waals surface area contributed by atoms with E-state index in [4.69, 9.17) is 5.11 Å². The zero-order valence-corrected chi connectivity index (χ0v) is 11.8. The summed E-state index contributed by atoms with van der Waals surface area (Å²) >= 11 is 1.56. The lowest BCUT2D eigenvalue weighted by Crippen LogP contribution is -2.47. The van der Waals surface area contributed by atoms with E-state index in [9.17, 15) is 9.90 Å². The molecule has 0 spiro atoms. The van der Waals surface area contributed by atoms with Crippen LogP contribution in [0.5, 0.6) is 0 Å². The third-order valence-corrected chi connectivity index (χ3v) is 4.92. The van der Waals surface area contributed by atoms with Crippen LogP contribution >= 0.6 is 11.3 Å². The van der Waals surface area contributed by atoms with Crippen LogP contribution in [0.4, 0.5) is 0 Å². The van der Waals surface area contributed by atoms with Crippen molar-refractivity contribution < 1.29 is 15.0 Å². The predicted molar refractivity (Wildman–Crippen MR) is 78.9 cm³/mol. The third-order valence-electron chi connectivity index (χ3n) is 3.95. The second kappa shape index (κ2) is 5.52. The Morgan fingerprint density at radius 3 is 2.95 bits per heavy atom. The fraction of sp³-hybridized carbons (Fsp3) is 0.400. The van der Waals surface area contributed by atoms with Crippen molar-refractivity contribution in [2.45, 2.75) is 12.5 Å². The van der Waals surface area contributed by atoms with Crippen LogP contribution in [-0.4, -0.2) is 46.8 Å². The van der Waals surface area contributed by atoms with Gasteiger partial charge in [-0.15, -0.1) is 11.3 Å². The Hall–Kier alpha value is -1.43. The summed E-state index contributed by atoms with van der Waals surface area (Å²) in [5, 5.41) is 22.0. The maximum Gasteiger partial charge on any atom is 0.255 e. The minimum atomic E-state index is -0.636. The van der Waals surface area contributed by atoms with Gasteiger partial charge in [0.25, 0.3) is 5.91 Å². The molecule has 4 nitrogen and oxygen atoms in total. The lowest BCUT2D eigenvalue weighted by Gasteiger charge is -2.35. The number of nitrogens with zero attached hydrogens (tertiary/aromatic N) is 1. The highest BCUT2D eigenvalue weighted by Gasteiger charge is 2.30. The normalized spacial score (nSPS) is 23.2. The molecular weight excluding hydrogens is 274 g/mol. The van der Waals surface area contributed by atoms with E-state index in [1.165, 1.54) is 0 Å². The van der Waals surface area contributed by atoms with Gasteiger partial charge >= 0.3 is 0 Å². The molecule has 5 heteroatoms. The van der Waals surface area contributed by atoms with Crippen molar-refractivity contribution in [2.24, 2.45) is 5.92 Å². The maximum atomic E-state index is 12.6. The van der Waals surface area contributed by atoms with Gasteiger partial charge in [0.15, 0.2) is 0 Å². The molecule has 0 saturated carbocycles. The number of benzene rings is 1. The molecule has 2 aromatic rings.